The Morgan fingerprint density at radius 1 is 0.844 bits per heavy atom. The second-order valence-electron chi connectivity index (χ2n) is 10.2. The molecule has 1 saturated carbocycles. The van der Waals surface area contributed by atoms with Crippen molar-refractivity contribution in [2.75, 3.05) is 0 Å². The highest BCUT2D eigenvalue weighted by Crippen LogP contribution is 2.39. The van der Waals surface area contributed by atoms with Crippen LogP contribution in [0.25, 0.3) is 0 Å². The normalized spacial score (nSPS) is 22.8. The largest absolute Gasteiger partial charge is 0.205 e. The summed E-state index contributed by atoms with van der Waals surface area (Å²) in [5.74, 6) is 1.84. The average molecular weight is 432 g/mol. The number of nitriles is 1. The molecule has 2 aromatic rings. The summed E-state index contributed by atoms with van der Waals surface area (Å²) in [4.78, 5) is 0. The molecule has 0 aromatic heterocycles. The molecule has 2 aliphatic rings. The van der Waals surface area contributed by atoms with E-state index in [0.29, 0.717) is 5.92 Å². The molecule has 170 valence electrons. The van der Waals surface area contributed by atoms with Gasteiger partial charge in [-0.15, -0.1) is 0 Å². The van der Waals surface area contributed by atoms with Gasteiger partial charge in [0.2, 0.25) is 0 Å². The molecule has 2 aromatic carbocycles. The second-order valence-corrected chi connectivity index (χ2v) is 10.2. The summed E-state index contributed by atoms with van der Waals surface area (Å²) < 4.78 is 14.5. The third-order valence-corrected chi connectivity index (χ3v) is 8.11. The van der Waals surface area contributed by atoms with Gasteiger partial charge in [0.05, 0.1) is 5.56 Å². The molecular formula is C30H38FN. The Labute approximate surface area is 194 Å². The quantitative estimate of drug-likeness (QED) is 0.384. The molecule has 1 fully saturated rings. The molecule has 0 aliphatic heterocycles. The summed E-state index contributed by atoms with van der Waals surface area (Å²) in [5.41, 5.74) is 4.91. The van der Waals surface area contributed by atoms with E-state index in [1.165, 1.54) is 75.3 Å². The van der Waals surface area contributed by atoms with Crippen LogP contribution in [-0.2, 0) is 12.8 Å². The van der Waals surface area contributed by atoms with Gasteiger partial charge in [0.15, 0.2) is 0 Å². The van der Waals surface area contributed by atoms with Gasteiger partial charge in [-0.3, -0.25) is 0 Å². The van der Waals surface area contributed by atoms with Crippen LogP contribution in [-0.4, -0.2) is 0 Å². The lowest BCUT2D eigenvalue weighted by molar-refractivity contribution is 0.302. The van der Waals surface area contributed by atoms with Crippen molar-refractivity contribution in [3.05, 3.63) is 70.0 Å². The number of fused-ring (bicyclic) bond motifs is 1. The number of hydrogen-bond donors (Lipinski definition) is 0. The fraction of sp³-hybridized carbons (Fsp3) is 0.567. The van der Waals surface area contributed by atoms with Crippen LogP contribution in [0, 0.1) is 23.1 Å². The molecule has 1 unspecified atom stereocenters. The van der Waals surface area contributed by atoms with Gasteiger partial charge in [-0.2, -0.15) is 5.26 Å². The number of unbranched alkanes of at least 4 members (excludes halogenated alkanes) is 4. The molecular weight excluding hydrogens is 393 g/mol. The third-order valence-electron chi connectivity index (χ3n) is 8.11. The SMILES string of the molecule is CCCCCCCC1CCC(c2ccc(C3CCc4c(ccc(C#N)c4F)C3)cc2)CC1. The van der Waals surface area contributed by atoms with Crippen LogP contribution in [0.4, 0.5) is 4.39 Å². The van der Waals surface area contributed by atoms with Crippen molar-refractivity contribution >= 4 is 0 Å². The Bertz CT molecular complexity index is 915. The molecule has 0 N–H and O–H groups in total. The first-order chi connectivity index (χ1) is 15.7. The maximum atomic E-state index is 14.5. The van der Waals surface area contributed by atoms with Gasteiger partial charge in [-0.25, -0.2) is 4.39 Å². The van der Waals surface area contributed by atoms with Gasteiger partial charge < -0.3 is 0 Å². The first-order valence-corrected chi connectivity index (χ1v) is 13.0. The van der Waals surface area contributed by atoms with Crippen molar-refractivity contribution in [3.8, 4) is 6.07 Å². The van der Waals surface area contributed by atoms with E-state index in [1.54, 1.807) is 6.07 Å². The molecule has 0 spiro atoms. The maximum Gasteiger partial charge on any atom is 0.144 e. The molecule has 0 amide bonds. The van der Waals surface area contributed by atoms with Crippen molar-refractivity contribution in [1.82, 2.24) is 0 Å². The highest BCUT2D eigenvalue weighted by molar-refractivity contribution is 5.43. The Morgan fingerprint density at radius 3 is 2.22 bits per heavy atom. The number of rotatable bonds is 8. The Hall–Kier alpha value is -2.14. The molecule has 0 bridgehead atoms. The molecule has 0 heterocycles. The molecule has 32 heavy (non-hydrogen) atoms. The van der Waals surface area contributed by atoms with Gasteiger partial charge in [0.25, 0.3) is 0 Å². The highest BCUT2D eigenvalue weighted by atomic mass is 19.1. The van der Waals surface area contributed by atoms with Crippen LogP contribution in [0.3, 0.4) is 0 Å². The van der Waals surface area contributed by atoms with Crippen LogP contribution >= 0.6 is 0 Å². The van der Waals surface area contributed by atoms with Crippen molar-refractivity contribution in [2.45, 2.75) is 102 Å². The third kappa shape index (κ3) is 5.43. The van der Waals surface area contributed by atoms with Gasteiger partial charge in [-0.05, 0) is 91.0 Å². The number of hydrogen-bond acceptors (Lipinski definition) is 1. The number of benzene rings is 2. The van der Waals surface area contributed by atoms with Gasteiger partial charge in [0, 0.05) is 0 Å². The summed E-state index contributed by atoms with van der Waals surface area (Å²) >= 11 is 0. The van der Waals surface area contributed by atoms with Crippen LogP contribution in [0.2, 0.25) is 0 Å². The molecule has 2 heteroatoms. The minimum Gasteiger partial charge on any atom is -0.205 e. The van der Waals surface area contributed by atoms with Gasteiger partial charge in [-0.1, -0.05) is 75.8 Å². The summed E-state index contributed by atoms with van der Waals surface area (Å²) in [7, 11) is 0. The average Bonchev–Trinajstić information content (AvgIpc) is 2.84. The first kappa shape index (κ1) is 23.0. The minimum atomic E-state index is -0.296. The zero-order chi connectivity index (χ0) is 22.3. The van der Waals surface area contributed by atoms with E-state index in [1.807, 2.05) is 12.1 Å². The van der Waals surface area contributed by atoms with E-state index >= 15 is 0 Å². The highest BCUT2D eigenvalue weighted by Gasteiger charge is 2.25. The molecule has 1 nitrogen and oxygen atoms in total. The minimum absolute atomic E-state index is 0.178. The van der Waals surface area contributed by atoms with E-state index in [4.69, 9.17) is 5.26 Å². The van der Waals surface area contributed by atoms with Crippen LogP contribution in [0.5, 0.6) is 0 Å². The van der Waals surface area contributed by atoms with Crippen molar-refractivity contribution in [1.29, 1.82) is 5.26 Å². The monoisotopic (exact) mass is 431 g/mol. The second kappa shape index (κ2) is 11.1. The van der Waals surface area contributed by atoms with E-state index in [9.17, 15) is 4.39 Å². The van der Waals surface area contributed by atoms with Crippen molar-refractivity contribution in [2.24, 2.45) is 5.92 Å². The lowest BCUT2D eigenvalue weighted by atomic mass is 9.76. The number of nitrogens with zero attached hydrogens (tertiary/aromatic N) is 1. The van der Waals surface area contributed by atoms with Crippen LogP contribution in [0.15, 0.2) is 36.4 Å². The Balaban J connectivity index is 1.29. The lowest BCUT2D eigenvalue weighted by Gasteiger charge is -2.29. The van der Waals surface area contributed by atoms with Gasteiger partial charge >= 0.3 is 0 Å². The first-order valence-electron chi connectivity index (χ1n) is 13.0. The molecule has 0 radical (unpaired) electrons. The van der Waals surface area contributed by atoms with Crippen LogP contribution < -0.4 is 0 Å². The van der Waals surface area contributed by atoms with Crippen molar-refractivity contribution < 1.29 is 4.39 Å². The van der Waals surface area contributed by atoms with E-state index in [-0.39, 0.29) is 11.4 Å². The predicted molar refractivity (Wildman–Crippen MR) is 130 cm³/mol. The molecule has 0 saturated heterocycles. The Morgan fingerprint density at radius 2 is 1.53 bits per heavy atom. The van der Waals surface area contributed by atoms with Gasteiger partial charge in [0.1, 0.15) is 11.9 Å². The van der Waals surface area contributed by atoms with E-state index in [0.717, 1.165) is 42.2 Å². The zero-order valence-electron chi connectivity index (χ0n) is 19.7. The van der Waals surface area contributed by atoms with Crippen LogP contribution in [0.1, 0.15) is 117 Å². The predicted octanol–water partition coefficient (Wildman–Crippen LogP) is 8.60. The van der Waals surface area contributed by atoms with E-state index in [2.05, 4.69) is 31.2 Å². The summed E-state index contributed by atoms with van der Waals surface area (Å²) in [6, 6.07) is 14.9. The van der Waals surface area contributed by atoms with Crippen molar-refractivity contribution in [3.63, 3.8) is 0 Å². The topological polar surface area (TPSA) is 23.8 Å². The Kier molecular flexibility index (Phi) is 8.01. The molecule has 2 aliphatic carbocycles. The fourth-order valence-electron chi connectivity index (χ4n) is 6.04. The summed E-state index contributed by atoms with van der Waals surface area (Å²) in [6.07, 6.45) is 16.5. The van der Waals surface area contributed by atoms with E-state index < -0.39 is 0 Å². The smallest absolute Gasteiger partial charge is 0.144 e. The number of halogens is 1. The lowest BCUT2D eigenvalue weighted by Crippen LogP contribution is -2.15. The standard InChI is InChI=1S/C30H38FN/c1-2-3-4-5-6-7-22-8-10-23(11-9-22)24-12-14-25(15-13-24)26-18-19-29-27(20-26)16-17-28(21-32)30(29)31/h12-17,22-23,26H,2-11,18-20H2,1H3. The molecule has 1 atom stereocenters. The maximum absolute atomic E-state index is 14.5. The summed E-state index contributed by atoms with van der Waals surface area (Å²) in [6.45, 7) is 2.29. The molecule has 4 rings (SSSR count). The zero-order valence-corrected chi connectivity index (χ0v) is 19.7. The summed E-state index contributed by atoms with van der Waals surface area (Å²) in [5, 5.41) is 9.07. The fourth-order valence-corrected chi connectivity index (χ4v) is 6.04.